The van der Waals surface area contributed by atoms with Crippen molar-refractivity contribution in [3.63, 3.8) is 0 Å². The van der Waals surface area contributed by atoms with E-state index in [1.165, 1.54) is 95.9 Å². The summed E-state index contributed by atoms with van der Waals surface area (Å²) in [6, 6.07) is 10.8. The van der Waals surface area contributed by atoms with Gasteiger partial charge in [0.25, 0.3) is 0 Å². The second-order valence-electron chi connectivity index (χ2n) is 10.8. The van der Waals surface area contributed by atoms with E-state index in [-0.39, 0.29) is 12.1 Å². The first-order valence-corrected chi connectivity index (χ1v) is 21.9. The molecular formula is C29H49NO2Sn. The predicted molar refractivity (Wildman–Crippen MR) is 142 cm³/mol. The van der Waals surface area contributed by atoms with E-state index in [1.54, 1.807) is 0 Å². The second kappa shape index (κ2) is 14.0. The fraction of sp³-hybridized carbons (Fsp3) is 0.759. The zero-order chi connectivity index (χ0) is 23.5. The summed E-state index contributed by atoms with van der Waals surface area (Å²) in [5.74, 6) is 0.800. The predicted octanol–water partition coefficient (Wildman–Crippen LogP) is 8.91. The van der Waals surface area contributed by atoms with Gasteiger partial charge in [0.1, 0.15) is 0 Å². The average molecular weight is 562 g/mol. The number of amides is 1. The molecule has 0 spiro atoms. The molecule has 33 heavy (non-hydrogen) atoms. The average Bonchev–Trinajstić information content (AvgIpc) is 3.24. The number of rotatable bonds is 14. The third-order valence-corrected chi connectivity index (χ3v) is 25.6. The van der Waals surface area contributed by atoms with E-state index >= 15 is 0 Å². The first-order valence-electron chi connectivity index (χ1n) is 14.1. The normalized spacial score (nSPS) is 20.8. The van der Waals surface area contributed by atoms with Crippen molar-refractivity contribution in [2.45, 2.75) is 121 Å². The minimum atomic E-state index is -2.72. The minimum absolute atomic E-state index is 0.0183. The van der Waals surface area contributed by atoms with Crippen LogP contribution in [0.3, 0.4) is 0 Å². The topological polar surface area (TPSA) is 29.5 Å². The number of nitrogens with zero attached hydrogens (tertiary/aromatic N) is 1. The van der Waals surface area contributed by atoms with Gasteiger partial charge in [-0.3, -0.25) is 0 Å². The summed E-state index contributed by atoms with van der Waals surface area (Å²) in [6.45, 7) is 7.58. The van der Waals surface area contributed by atoms with Gasteiger partial charge in [-0.15, -0.1) is 0 Å². The SMILES string of the molecule is CCC[CH2][Sn]([CH2]CCC)([CH2]CCC)[CH](CC1CCCCC1)N1C(=O)OC[C@@H]1c1ccccc1. The molecule has 0 aromatic heterocycles. The maximum absolute atomic E-state index is 13.4. The molecule has 0 N–H and O–H groups in total. The Morgan fingerprint density at radius 1 is 0.909 bits per heavy atom. The van der Waals surface area contributed by atoms with Gasteiger partial charge in [0.15, 0.2) is 0 Å². The van der Waals surface area contributed by atoms with Crippen molar-refractivity contribution in [1.82, 2.24) is 4.90 Å². The molecule has 3 nitrogen and oxygen atoms in total. The molecule has 2 fully saturated rings. The first kappa shape index (κ1) is 26.9. The number of ether oxygens (including phenoxy) is 1. The van der Waals surface area contributed by atoms with Crippen LogP contribution in [0.2, 0.25) is 13.3 Å². The molecule has 1 unspecified atom stereocenters. The van der Waals surface area contributed by atoms with Crippen LogP contribution in [-0.2, 0) is 4.74 Å². The van der Waals surface area contributed by atoms with Crippen molar-refractivity contribution in [2.75, 3.05) is 6.61 Å². The number of hydrogen-bond acceptors (Lipinski definition) is 2. The van der Waals surface area contributed by atoms with Crippen LogP contribution in [0.25, 0.3) is 0 Å². The van der Waals surface area contributed by atoms with E-state index < -0.39 is 18.4 Å². The van der Waals surface area contributed by atoms with Gasteiger partial charge in [0.2, 0.25) is 0 Å². The van der Waals surface area contributed by atoms with Crippen molar-refractivity contribution in [3.8, 4) is 0 Å². The van der Waals surface area contributed by atoms with Gasteiger partial charge in [-0.2, -0.15) is 0 Å². The Labute approximate surface area is 207 Å². The molecule has 1 aliphatic heterocycles. The fourth-order valence-corrected chi connectivity index (χ4v) is 25.5. The van der Waals surface area contributed by atoms with Gasteiger partial charge >= 0.3 is 209 Å². The third kappa shape index (κ3) is 7.15. The summed E-state index contributed by atoms with van der Waals surface area (Å²) in [5, 5.41) is 0. The Kier molecular flexibility index (Phi) is 11.4. The maximum atomic E-state index is 13.4. The van der Waals surface area contributed by atoms with Gasteiger partial charge in [-0.05, 0) is 0 Å². The zero-order valence-corrected chi connectivity index (χ0v) is 24.6. The Hall–Kier alpha value is -0.711. The number of carbonyl (C=O) groups excluding carboxylic acids is 1. The molecule has 1 aliphatic carbocycles. The molecule has 0 bridgehead atoms. The number of cyclic esters (lactones) is 1. The first-order chi connectivity index (χ1) is 16.1. The molecule has 1 saturated carbocycles. The second-order valence-corrected chi connectivity index (χ2v) is 24.8. The number of unbranched alkanes of at least 4 members (excludes halogenated alkanes) is 3. The summed E-state index contributed by atoms with van der Waals surface area (Å²) in [7, 11) is 0. The molecule has 2 atom stereocenters. The Bertz CT molecular complexity index is 666. The van der Waals surface area contributed by atoms with Crippen molar-refractivity contribution in [1.29, 1.82) is 0 Å². The summed E-state index contributed by atoms with van der Waals surface area (Å²) in [5.41, 5.74) is 1.26. The standard InChI is InChI=1S/C17H22NO2.3C4H9.Sn/c19-17-18(12-11-14-7-3-1-4-8-14)16(13-20-17)15-9-5-2-6-10-15;3*1-3-4-2;/h2,5-6,9-10,12,14,16H,1,3-4,7-8,11,13H2;3*1,3-4H2,2H3;/t16-;;;;/m1..../s1. The summed E-state index contributed by atoms with van der Waals surface area (Å²) in [4.78, 5) is 15.8. The van der Waals surface area contributed by atoms with Gasteiger partial charge < -0.3 is 0 Å². The van der Waals surface area contributed by atoms with E-state index in [0.29, 0.717) is 10.7 Å². The van der Waals surface area contributed by atoms with E-state index in [2.05, 4.69) is 56.0 Å². The quantitative estimate of drug-likeness (QED) is 0.212. The Balaban J connectivity index is 2.02. The van der Waals surface area contributed by atoms with Gasteiger partial charge in [0.05, 0.1) is 0 Å². The van der Waals surface area contributed by atoms with Crippen molar-refractivity contribution in [3.05, 3.63) is 35.9 Å². The van der Waals surface area contributed by atoms with Crippen LogP contribution in [0, 0.1) is 5.92 Å². The molecule has 1 aromatic rings. The molecule has 3 rings (SSSR count). The fourth-order valence-electron chi connectivity index (χ4n) is 6.57. The molecule has 1 saturated heterocycles. The van der Waals surface area contributed by atoms with Crippen molar-refractivity contribution >= 4 is 24.5 Å². The van der Waals surface area contributed by atoms with Crippen LogP contribution < -0.4 is 0 Å². The summed E-state index contributed by atoms with van der Waals surface area (Å²) in [6.07, 6.45) is 16.0. The van der Waals surface area contributed by atoms with E-state index in [4.69, 9.17) is 4.74 Å². The van der Waals surface area contributed by atoms with Crippen LogP contribution in [-0.4, -0.2) is 40.0 Å². The molecule has 1 amide bonds. The molecule has 4 heteroatoms. The van der Waals surface area contributed by atoms with E-state index in [0.717, 1.165) is 5.92 Å². The van der Waals surface area contributed by atoms with Crippen LogP contribution >= 0.6 is 0 Å². The molecule has 2 aliphatic rings. The van der Waals surface area contributed by atoms with E-state index in [9.17, 15) is 4.79 Å². The summed E-state index contributed by atoms with van der Waals surface area (Å²) < 4.78 is 10.7. The monoisotopic (exact) mass is 563 g/mol. The van der Waals surface area contributed by atoms with Crippen molar-refractivity contribution < 1.29 is 9.53 Å². The summed E-state index contributed by atoms with van der Waals surface area (Å²) >= 11 is -2.72. The molecule has 1 heterocycles. The Morgan fingerprint density at radius 2 is 1.48 bits per heavy atom. The van der Waals surface area contributed by atoms with Crippen LogP contribution in [0.15, 0.2) is 30.3 Å². The van der Waals surface area contributed by atoms with Gasteiger partial charge in [0, 0.05) is 0 Å². The molecule has 1 aromatic carbocycles. The van der Waals surface area contributed by atoms with Crippen LogP contribution in [0.1, 0.15) is 109 Å². The number of carbonyl (C=O) groups is 1. The van der Waals surface area contributed by atoms with Gasteiger partial charge in [-0.1, -0.05) is 0 Å². The molecule has 186 valence electrons. The zero-order valence-electron chi connectivity index (χ0n) is 21.7. The molecular weight excluding hydrogens is 513 g/mol. The van der Waals surface area contributed by atoms with E-state index in [1.807, 2.05) is 0 Å². The Morgan fingerprint density at radius 3 is 2.03 bits per heavy atom. The number of benzene rings is 1. The number of hydrogen-bond donors (Lipinski definition) is 0. The van der Waals surface area contributed by atoms with Crippen LogP contribution in [0.4, 0.5) is 4.79 Å². The van der Waals surface area contributed by atoms with Crippen LogP contribution in [0.5, 0.6) is 0 Å². The van der Waals surface area contributed by atoms with Crippen molar-refractivity contribution in [2.24, 2.45) is 5.92 Å². The third-order valence-electron chi connectivity index (χ3n) is 8.50. The molecule has 0 radical (unpaired) electrons. The van der Waals surface area contributed by atoms with Gasteiger partial charge in [-0.25, -0.2) is 0 Å².